The standard InChI is InChI=1S/C15H13BrN2O2S/c1-20-13-6-5-11(16)8-12(13)18-15(19)10-4-2-3-9(7-10)14(17)21/h2-8H,1H3,(H2,17,21)(H,18,19). The third kappa shape index (κ3) is 3.80. The third-order valence-electron chi connectivity index (χ3n) is 2.82. The second-order valence-electron chi connectivity index (χ2n) is 4.24. The van der Waals surface area contributed by atoms with Gasteiger partial charge in [0, 0.05) is 15.6 Å². The molecule has 0 spiro atoms. The van der Waals surface area contributed by atoms with Crippen molar-refractivity contribution >= 4 is 44.7 Å². The summed E-state index contributed by atoms with van der Waals surface area (Å²) in [5.41, 5.74) is 7.28. The maximum Gasteiger partial charge on any atom is 0.255 e. The lowest BCUT2D eigenvalue weighted by Crippen LogP contribution is -2.15. The molecule has 3 N–H and O–H groups in total. The molecular formula is C15H13BrN2O2S. The number of rotatable bonds is 4. The van der Waals surface area contributed by atoms with Crippen molar-refractivity contribution in [2.75, 3.05) is 12.4 Å². The van der Waals surface area contributed by atoms with E-state index in [1.807, 2.05) is 6.07 Å². The van der Waals surface area contributed by atoms with Gasteiger partial charge in [0.05, 0.1) is 12.8 Å². The van der Waals surface area contributed by atoms with E-state index >= 15 is 0 Å². The normalized spacial score (nSPS) is 10.0. The fraction of sp³-hybridized carbons (Fsp3) is 0.0667. The van der Waals surface area contributed by atoms with Gasteiger partial charge in [-0.2, -0.15) is 0 Å². The molecular weight excluding hydrogens is 352 g/mol. The number of thiocarbonyl (C=S) groups is 1. The minimum absolute atomic E-state index is 0.254. The summed E-state index contributed by atoms with van der Waals surface area (Å²) in [6, 6.07) is 12.2. The highest BCUT2D eigenvalue weighted by atomic mass is 79.9. The highest BCUT2D eigenvalue weighted by Gasteiger charge is 2.11. The highest BCUT2D eigenvalue weighted by Crippen LogP contribution is 2.28. The second-order valence-corrected chi connectivity index (χ2v) is 5.60. The fourth-order valence-corrected chi connectivity index (χ4v) is 2.27. The van der Waals surface area contributed by atoms with E-state index in [1.54, 1.807) is 43.5 Å². The van der Waals surface area contributed by atoms with Crippen LogP contribution >= 0.6 is 28.1 Å². The molecule has 21 heavy (non-hydrogen) atoms. The molecule has 1 amide bonds. The average Bonchev–Trinajstić information content (AvgIpc) is 2.47. The summed E-state index contributed by atoms with van der Waals surface area (Å²) < 4.78 is 6.07. The van der Waals surface area contributed by atoms with E-state index in [0.29, 0.717) is 22.6 Å². The fourth-order valence-electron chi connectivity index (χ4n) is 1.79. The van der Waals surface area contributed by atoms with Crippen LogP contribution in [-0.2, 0) is 0 Å². The number of carbonyl (C=O) groups is 1. The van der Waals surface area contributed by atoms with Crippen molar-refractivity contribution in [1.29, 1.82) is 0 Å². The van der Waals surface area contributed by atoms with E-state index in [1.165, 1.54) is 0 Å². The molecule has 0 heterocycles. The van der Waals surface area contributed by atoms with Gasteiger partial charge in [0.1, 0.15) is 10.7 Å². The number of hydrogen-bond donors (Lipinski definition) is 2. The lowest BCUT2D eigenvalue weighted by Gasteiger charge is -2.11. The molecule has 2 aromatic rings. The molecule has 0 radical (unpaired) electrons. The average molecular weight is 365 g/mol. The van der Waals surface area contributed by atoms with Crippen LogP contribution in [0, 0.1) is 0 Å². The molecule has 2 aromatic carbocycles. The Hall–Kier alpha value is -1.92. The van der Waals surface area contributed by atoms with Gasteiger partial charge in [-0.3, -0.25) is 4.79 Å². The molecule has 0 bridgehead atoms. The molecule has 0 atom stereocenters. The summed E-state index contributed by atoms with van der Waals surface area (Å²) in [5.74, 6) is 0.321. The summed E-state index contributed by atoms with van der Waals surface area (Å²) in [7, 11) is 1.55. The first-order valence-corrected chi connectivity index (χ1v) is 7.26. The van der Waals surface area contributed by atoms with Gasteiger partial charge in [-0.1, -0.05) is 40.3 Å². The Morgan fingerprint density at radius 2 is 1.95 bits per heavy atom. The maximum atomic E-state index is 12.3. The summed E-state index contributed by atoms with van der Waals surface area (Å²) in [5, 5.41) is 2.81. The molecule has 0 unspecified atom stereocenters. The number of nitrogens with two attached hydrogens (primary N) is 1. The topological polar surface area (TPSA) is 64.3 Å². The number of nitrogens with one attached hydrogen (secondary N) is 1. The minimum atomic E-state index is -0.260. The van der Waals surface area contributed by atoms with Crippen LogP contribution in [0.3, 0.4) is 0 Å². The van der Waals surface area contributed by atoms with Crippen molar-refractivity contribution < 1.29 is 9.53 Å². The number of anilines is 1. The Labute approximate surface area is 136 Å². The molecule has 0 aliphatic heterocycles. The van der Waals surface area contributed by atoms with Crippen LogP contribution in [0.15, 0.2) is 46.9 Å². The number of carbonyl (C=O) groups excluding carboxylic acids is 1. The van der Waals surface area contributed by atoms with E-state index in [0.717, 1.165) is 4.47 Å². The van der Waals surface area contributed by atoms with Crippen molar-refractivity contribution in [2.45, 2.75) is 0 Å². The van der Waals surface area contributed by atoms with E-state index in [-0.39, 0.29) is 10.9 Å². The summed E-state index contributed by atoms with van der Waals surface area (Å²) in [4.78, 5) is 12.6. The molecule has 0 aliphatic rings. The van der Waals surface area contributed by atoms with Gasteiger partial charge in [-0.25, -0.2) is 0 Å². The first kappa shape index (κ1) is 15.5. The number of halogens is 1. The SMILES string of the molecule is COc1ccc(Br)cc1NC(=O)c1cccc(C(N)=S)c1. The van der Waals surface area contributed by atoms with Crippen LogP contribution < -0.4 is 15.8 Å². The summed E-state index contributed by atoms with van der Waals surface area (Å²) in [6.07, 6.45) is 0. The molecule has 0 aromatic heterocycles. The largest absolute Gasteiger partial charge is 0.495 e. The highest BCUT2D eigenvalue weighted by molar-refractivity contribution is 9.10. The Morgan fingerprint density at radius 1 is 1.24 bits per heavy atom. The molecule has 0 aliphatic carbocycles. The second kappa shape index (κ2) is 6.69. The zero-order chi connectivity index (χ0) is 15.4. The molecule has 0 saturated carbocycles. The first-order chi connectivity index (χ1) is 10.0. The first-order valence-electron chi connectivity index (χ1n) is 6.06. The van der Waals surface area contributed by atoms with Gasteiger partial charge in [-0.05, 0) is 30.3 Å². The summed E-state index contributed by atoms with van der Waals surface area (Å²) >= 11 is 8.28. The van der Waals surface area contributed by atoms with Crippen LogP contribution in [0.1, 0.15) is 15.9 Å². The smallest absolute Gasteiger partial charge is 0.255 e. The molecule has 6 heteroatoms. The number of amides is 1. The van der Waals surface area contributed by atoms with E-state index in [2.05, 4.69) is 21.2 Å². The van der Waals surface area contributed by atoms with Crippen LogP contribution in [-0.4, -0.2) is 18.0 Å². The van der Waals surface area contributed by atoms with Crippen LogP contribution in [0.5, 0.6) is 5.75 Å². The monoisotopic (exact) mass is 364 g/mol. The lowest BCUT2D eigenvalue weighted by molar-refractivity contribution is 0.102. The molecule has 0 saturated heterocycles. The number of benzene rings is 2. The molecule has 4 nitrogen and oxygen atoms in total. The molecule has 2 rings (SSSR count). The Bertz CT molecular complexity index is 704. The van der Waals surface area contributed by atoms with Gasteiger partial charge in [0.25, 0.3) is 5.91 Å². The number of hydrogen-bond acceptors (Lipinski definition) is 3. The Kier molecular flexibility index (Phi) is 4.93. The van der Waals surface area contributed by atoms with Crippen LogP contribution in [0.25, 0.3) is 0 Å². The predicted octanol–water partition coefficient (Wildman–Crippen LogP) is 3.34. The lowest BCUT2D eigenvalue weighted by atomic mass is 10.1. The van der Waals surface area contributed by atoms with E-state index < -0.39 is 0 Å². The predicted molar refractivity (Wildman–Crippen MR) is 91.0 cm³/mol. The summed E-state index contributed by atoms with van der Waals surface area (Å²) in [6.45, 7) is 0. The van der Waals surface area contributed by atoms with Crippen molar-refractivity contribution in [3.05, 3.63) is 58.1 Å². The third-order valence-corrected chi connectivity index (χ3v) is 3.55. The minimum Gasteiger partial charge on any atom is -0.495 e. The van der Waals surface area contributed by atoms with Crippen LogP contribution in [0.2, 0.25) is 0 Å². The quantitative estimate of drug-likeness (QED) is 0.816. The van der Waals surface area contributed by atoms with Crippen molar-refractivity contribution in [3.63, 3.8) is 0 Å². The van der Waals surface area contributed by atoms with Gasteiger partial charge >= 0.3 is 0 Å². The number of methoxy groups -OCH3 is 1. The Balaban J connectivity index is 2.28. The van der Waals surface area contributed by atoms with Crippen molar-refractivity contribution in [1.82, 2.24) is 0 Å². The molecule has 108 valence electrons. The van der Waals surface area contributed by atoms with Crippen molar-refractivity contribution in [3.8, 4) is 5.75 Å². The van der Waals surface area contributed by atoms with E-state index in [9.17, 15) is 4.79 Å². The van der Waals surface area contributed by atoms with Crippen molar-refractivity contribution in [2.24, 2.45) is 5.73 Å². The van der Waals surface area contributed by atoms with Gasteiger partial charge < -0.3 is 15.8 Å². The van der Waals surface area contributed by atoms with Gasteiger partial charge in [0.15, 0.2) is 0 Å². The van der Waals surface area contributed by atoms with Crippen LogP contribution in [0.4, 0.5) is 5.69 Å². The zero-order valence-electron chi connectivity index (χ0n) is 11.2. The number of ether oxygens (including phenoxy) is 1. The van der Waals surface area contributed by atoms with E-state index in [4.69, 9.17) is 22.7 Å². The molecule has 0 fully saturated rings. The maximum absolute atomic E-state index is 12.3. The zero-order valence-corrected chi connectivity index (χ0v) is 13.6. The Morgan fingerprint density at radius 3 is 2.62 bits per heavy atom. The van der Waals surface area contributed by atoms with Gasteiger partial charge in [-0.15, -0.1) is 0 Å². The van der Waals surface area contributed by atoms with Gasteiger partial charge in [0.2, 0.25) is 0 Å².